The molecule has 0 aliphatic heterocycles. The third kappa shape index (κ3) is 3.68. The predicted octanol–water partition coefficient (Wildman–Crippen LogP) is 5.71. The second-order valence-corrected chi connectivity index (χ2v) is 4.86. The molecule has 2 aromatic rings. The van der Waals surface area contributed by atoms with Gasteiger partial charge in [-0.3, -0.25) is 0 Å². The molecule has 2 rings (SSSR count). The lowest BCUT2D eigenvalue weighted by atomic mass is 9.96. The van der Waals surface area contributed by atoms with E-state index in [9.17, 15) is 4.39 Å². The Kier molecular flexibility index (Phi) is 4.75. The summed E-state index contributed by atoms with van der Waals surface area (Å²) in [4.78, 5) is 0. The summed E-state index contributed by atoms with van der Waals surface area (Å²) in [6.07, 6.45) is 4.27. The standard InChI is InChI=1S/C17H16ClF/c1-2-3-4-17(13-5-9-15(18)10-6-13)14-7-11-16(19)12-8-14/h4-12H,2-3H2,1H3. The maximum absolute atomic E-state index is 13.0. The number of rotatable bonds is 4. The largest absolute Gasteiger partial charge is 0.207 e. The number of hydrogen-bond donors (Lipinski definition) is 0. The van der Waals surface area contributed by atoms with Gasteiger partial charge in [0.25, 0.3) is 0 Å². The highest BCUT2D eigenvalue weighted by atomic mass is 35.5. The van der Waals surface area contributed by atoms with Crippen LogP contribution in [0.4, 0.5) is 4.39 Å². The molecule has 0 aliphatic rings. The van der Waals surface area contributed by atoms with Gasteiger partial charge in [-0.15, -0.1) is 0 Å². The summed E-state index contributed by atoms with van der Waals surface area (Å²) >= 11 is 5.92. The van der Waals surface area contributed by atoms with E-state index < -0.39 is 0 Å². The summed E-state index contributed by atoms with van der Waals surface area (Å²) < 4.78 is 13.0. The van der Waals surface area contributed by atoms with Crippen LogP contribution in [0, 0.1) is 5.82 Å². The summed E-state index contributed by atoms with van der Waals surface area (Å²) in [5.74, 6) is -0.213. The van der Waals surface area contributed by atoms with Crippen LogP contribution in [0.1, 0.15) is 30.9 Å². The molecule has 0 nitrogen and oxygen atoms in total. The fraction of sp³-hybridized carbons (Fsp3) is 0.176. The highest BCUT2D eigenvalue weighted by Crippen LogP contribution is 2.25. The number of halogens is 2. The van der Waals surface area contributed by atoms with Gasteiger partial charge in [-0.25, -0.2) is 4.39 Å². The topological polar surface area (TPSA) is 0 Å². The lowest BCUT2D eigenvalue weighted by Gasteiger charge is -2.09. The fourth-order valence-electron chi connectivity index (χ4n) is 1.95. The molecule has 0 amide bonds. The molecule has 0 spiro atoms. The molecule has 0 atom stereocenters. The van der Waals surface area contributed by atoms with Crippen molar-refractivity contribution in [1.29, 1.82) is 0 Å². The first-order valence-corrected chi connectivity index (χ1v) is 6.80. The minimum Gasteiger partial charge on any atom is -0.207 e. The van der Waals surface area contributed by atoms with E-state index in [1.54, 1.807) is 0 Å². The van der Waals surface area contributed by atoms with Crippen LogP contribution < -0.4 is 0 Å². The number of allylic oxidation sites excluding steroid dienone is 1. The quantitative estimate of drug-likeness (QED) is 0.670. The molecule has 98 valence electrons. The molecule has 0 N–H and O–H groups in total. The van der Waals surface area contributed by atoms with Crippen LogP contribution in [0.5, 0.6) is 0 Å². The summed E-state index contributed by atoms with van der Waals surface area (Å²) in [5.41, 5.74) is 3.25. The number of hydrogen-bond acceptors (Lipinski definition) is 0. The zero-order chi connectivity index (χ0) is 13.7. The van der Waals surface area contributed by atoms with Crippen molar-refractivity contribution in [1.82, 2.24) is 0 Å². The lowest BCUT2D eigenvalue weighted by molar-refractivity contribution is 0.627. The molecule has 0 aromatic heterocycles. The first-order chi connectivity index (χ1) is 9.20. The van der Waals surface area contributed by atoms with Crippen molar-refractivity contribution in [2.24, 2.45) is 0 Å². The van der Waals surface area contributed by atoms with Gasteiger partial charge in [0.15, 0.2) is 0 Å². The van der Waals surface area contributed by atoms with Crippen LogP contribution >= 0.6 is 11.6 Å². The van der Waals surface area contributed by atoms with E-state index >= 15 is 0 Å². The molecular formula is C17H16ClF. The second kappa shape index (κ2) is 6.53. The first kappa shape index (κ1) is 13.8. The van der Waals surface area contributed by atoms with Crippen LogP contribution in [0.15, 0.2) is 54.6 Å². The highest BCUT2D eigenvalue weighted by molar-refractivity contribution is 6.30. The molecule has 0 aliphatic carbocycles. The average molecular weight is 275 g/mol. The zero-order valence-electron chi connectivity index (χ0n) is 10.9. The maximum Gasteiger partial charge on any atom is 0.123 e. The van der Waals surface area contributed by atoms with Crippen LogP contribution in [0.25, 0.3) is 5.57 Å². The van der Waals surface area contributed by atoms with Crippen molar-refractivity contribution in [3.63, 3.8) is 0 Å². The summed E-state index contributed by atoms with van der Waals surface area (Å²) in [7, 11) is 0. The van der Waals surface area contributed by atoms with Gasteiger partial charge in [0.05, 0.1) is 0 Å². The van der Waals surface area contributed by atoms with Gasteiger partial charge >= 0.3 is 0 Å². The smallest absolute Gasteiger partial charge is 0.123 e. The van der Waals surface area contributed by atoms with Crippen molar-refractivity contribution < 1.29 is 4.39 Å². The van der Waals surface area contributed by atoms with Gasteiger partial charge < -0.3 is 0 Å². The van der Waals surface area contributed by atoms with Crippen LogP contribution in [-0.4, -0.2) is 0 Å². The van der Waals surface area contributed by atoms with Gasteiger partial charge in [-0.2, -0.15) is 0 Å². The Balaban J connectivity index is 2.41. The minimum absolute atomic E-state index is 0.213. The maximum atomic E-state index is 13.0. The normalized spacial score (nSPS) is 11.6. The second-order valence-electron chi connectivity index (χ2n) is 4.42. The van der Waals surface area contributed by atoms with Gasteiger partial charge in [0.2, 0.25) is 0 Å². The molecule has 2 aromatic carbocycles. The number of benzene rings is 2. The van der Waals surface area contributed by atoms with Gasteiger partial charge in [-0.1, -0.05) is 55.3 Å². The van der Waals surface area contributed by atoms with E-state index in [0.29, 0.717) is 0 Å². The van der Waals surface area contributed by atoms with Crippen molar-refractivity contribution in [3.05, 3.63) is 76.6 Å². The molecule has 0 saturated carbocycles. The Morgan fingerprint density at radius 3 is 2.05 bits per heavy atom. The lowest BCUT2D eigenvalue weighted by Crippen LogP contribution is -1.89. The third-order valence-electron chi connectivity index (χ3n) is 2.95. The van der Waals surface area contributed by atoms with E-state index in [1.807, 2.05) is 36.4 Å². The average Bonchev–Trinajstić information content (AvgIpc) is 2.43. The Hall–Kier alpha value is -1.60. The summed E-state index contributed by atoms with van der Waals surface area (Å²) in [6, 6.07) is 14.3. The summed E-state index contributed by atoms with van der Waals surface area (Å²) in [5, 5.41) is 0.720. The summed E-state index contributed by atoms with van der Waals surface area (Å²) in [6.45, 7) is 2.14. The van der Waals surface area contributed by atoms with E-state index in [4.69, 9.17) is 11.6 Å². The highest BCUT2D eigenvalue weighted by Gasteiger charge is 2.05. The van der Waals surface area contributed by atoms with E-state index in [-0.39, 0.29) is 5.82 Å². The molecule has 19 heavy (non-hydrogen) atoms. The Morgan fingerprint density at radius 1 is 1.00 bits per heavy atom. The van der Waals surface area contributed by atoms with Gasteiger partial charge in [0, 0.05) is 5.02 Å². The molecule has 0 fully saturated rings. The Morgan fingerprint density at radius 2 is 1.53 bits per heavy atom. The van der Waals surface area contributed by atoms with Gasteiger partial charge in [-0.05, 0) is 47.4 Å². The van der Waals surface area contributed by atoms with Crippen molar-refractivity contribution >= 4 is 17.2 Å². The van der Waals surface area contributed by atoms with Gasteiger partial charge in [0.1, 0.15) is 5.82 Å². The van der Waals surface area contributed by atoms with E-state index in [2.05, 4.69) is 13.0 Å². The van der Waals surface area contributed by atoms with E-state index in [0.717, 1.165) is 34.6 Å². The van der Waals surface area contributed by atoms with Crippen LogP contribution in [-0.2, 0) is 0 Å². The molecule has 0 radical (unpaired) electrons. The number of unbranched alkanes of at least 4 members (excludes halogenated alkanes) is 1. The molecule has 0 unspecified atom stereocenters. The van der Waals surface area contributed by atoms with E-state index in [1.165, 1.54) is 12.1 Å². The fourth-order valence-corrected chi connectivity index (χ4v) is 2.08. The van der Waals surface area contributed by atoms with Crippen LogP contribution in [0.2, 0.25) is 5.02 Å². The molecule has 2 heteroatoms. The predicted molar refractivity (Wildman–Crippen MR) is 79.8 cm³/mol. The molecular weight excluding hydrogens is 259 g/mol. The first-order valence-electron chi connectivity index (χ1n) is 6.42. The Bertz CT molecular complexity index is 505. The SMILES string of the molecule is CCCC=C(c1ccc(F)cc1)c1ccc(Cl)cc1. The monoisotopic (exact) mass is 274 g/mol. The molecule has 0 saturated heterocycles. The van der Waals surface area contributed by atoms with Crippen LogP contribution in [0.3, 0.4) is 0 Å². The molecule has 0 heterocycles. The minimum atomic E-state index is -0.213. The van der Waals surface area contributed by atoms with Crippen molar-refractivity contribution in [2.75, 3.05) is 0 Å². The van der Waals surface area contributed by atoms with Crippen molar-refractivity contribution in [2.45, 2.75) is 19.8 Å². The molecule has 0 bridgehead atoms. The zero-order valence-corrected chi connectivity index (χ0v) is 11.6. The van der Waals surface area contributed by atoms with Crippen molar-refractivity contribution in [3.8, 4) is 0 Å². The third-order valence-corrected chi connectivity index (χ3v) is 3.20. The Labute approximate surface area is 118 Å².